The molecule has 4 aliphatic rings. The van der Waals surface area contributed by atoms with Crippen LogP contribution in [-0.2, 0) is 43.7 Å². The highest BCUT2D eigenvalue weighted by atomic mass is 35.5. The molecule has 0 unspecified atom stereocenters. The molecule has 0 aromatic carbocycles. The van der Waals surface area contributed by atoms with Crippen LogP contribution in [0.15, 0.2) is 109 Å². The molecule has 12 heterocycles. The number of halogens is 1. The number of anilines is 3. The van der Waals surface area contributed by atoms with Crippen molar-refractivity contribution in [3.63, 3.8) is 0 Å². The van der Waals surface area contributed by atoms with Gasteiger partial charge in [-0.2, -0.15) is 10.2 Å². The Labute approximate surface area is 475 Å². The normalized spacial score (nSPS) is 15.8. The first-order valence-corrected chi connectivity index (χ1v) is 35.5. The number of ether oxygens (including phenoxy) is 5. The van der Waals surface area contributed by atoms with Gasteiger partial charge in [0.15, 0.2) is 0 Å². The molecule has 4 aliphatic heterocycles. The van der Waals surface area contributed by atoms with Gasteiger partial charge in [-0.1, -0.05) is 50.9 Å². The molecule has 0 radical (unpaired) electrons. The minimum atomic E-state index is -1.13. The molecule has 0 aliphatic carbocycles. The number of pyridine rings is 6. The van der Waals surface area contributed by atoms with Gasteiger partial charge in [0.05, 0.1) is 75.3 Å². The van der Waals surface area contributed by atoms with Crippen molar-refractivity contribution in [3.8, 4) is 22.5 Å². The second-order valence-corrected chi connectivity index (χ2v) is 34.1. The fourth-order valence-electron chi connectivity index (χ4n) is 9.62. The third-order valence-corrected chi connectivity index (χ3v) is 17.8. The Bertz CT molecular complexity index is 3370. The van der Waals surface area contributed by atoms with Gasteiger partial charge in [-0.25, -0.2) is 29.3 Å². The molecule has 8 aromatic heterocycles. The van der Waals surface area contributed by atoms with Crippen LogP contribution in [-0.4, -0.2) is 163 Å². The van der Waals surface area contributed by atoms with E-state index in [2.05, 4.69) is 107 Å². The minimum Gasteiger partial charge on any atom is -0.378 e. The van der Waals surface area contributed by atoms with E-state index in [4.69, 9.17) is 45.5 Å². The van der Waals surface area contributed by atoms with Crippen LogP contribution in [0.5, 0.6) is 0 Å². The zero-order valence-corrected chi connectivity index (χ0v) is 49.7. The summed E-state index contributed by atoms with van der Waals surface area (Å²) in [5.41, 5.74) is 10.3. The number of hydrogen-bond acceptors (Lipinski definition) is 17. The van der Waals surface area contributed by atoms with Crippen LogP contribution in [0.2, 0.25) is 56.5 Å². The number of fused-ring (bicyclic) bond motifs is 3. The molecule has 0 N–H and O–H groups in total. The highest BCUT2D eigenvalue weighted by molar-refractivity contribution is 6.76. The van der Waals surface area contributed by atoms with Crippen molar-refractivity contribution in [2.45, 2.75) is 71.4 Å². The van der Waals surface area contributed by atoms with E-state index in [9.17, 15) is 0 Å². The summed E-state index contributed by atoms with van der Waals surface area (Å²) in [5.74, 6) is 2.90. The Hall–Kier alpha value is -6.57. The van der Waals surface area contributed by atoms with E-state index in [1.807, 2.05) is 89.1 Å². The molecule has 22 heteroatoms. The quantitative estimate of drug-likeness (QED) is 0.0506. The fraction of sp³-hybridized carbons (Fsp3) is 0.431. The van der Waals surface area contributed by atoms with Crippen LogP contribution >= 0.6 is 11.6 Å². The Morgan fingerprint density at radius 3 is 1.50 bits per heavy atom. The highest BCUT2D eigenvalue weighted by Crippen LogP contribution is 2.33. The zero-order chi connectivity index (χ0) is 55.5. The van der Waals surface area contributed by atoms with Crippen LogP contribution in [0, 0.1) is 0 Å². The molecule has 0 bridgehead atoms. The maximum Gasteiger partial charge on any atom is 0.140 e. The zero-order valence-electron chi connectivity index (χ0n) is 46.9. The van der Waals surface area contributed by atoms with Gasteiger partial charge in [0.1, 0.15) is 47.5 Å². The van der Waals surface area contributed by atoms with Crippen LogP contribution in [0.4, 0.5) is 17.5 Å². The summed E-state index contributed by atoms with van der Waals surface area (Å²) in [6.45, 7) is 26.8. The van der Waals surface area contributed by atoms with Crippen molar-refractivity contribution >= 4 is 72.7 Å². The smallest absolute Gasteiger partial charge is 0.140 e. The lowest BCUT2D eigenvalue weighted by Crippen LogP contribution is -2.36. The summed E-state index contributed by atoms with van der Waals surface area (Å²) >= 11 is 6.21. The van der Waals surface area contributed by atoms with Gasteiger partial charge in [-0.05, 0) is 66.7 Å². The molecule has 0 amide bonds. The third-order valence-electron chi connectivity index (χ3n) is 14.2. The lowest BCUT2D eigenvalue weighted by atomic mass is 10.0. The number of nitrogens with zero attached hydrogens (tertiary/aromatic N) is 14. The summed E-state index contributed by atoms with van der Waals surface area (Å²) in [7, 11) is -2.24. The second kappa shape index (κ2) is 26.4. The minimum absolute atomic E-state index is 0.395. The predicted octanol–water partition coefficient (Wildman–Crippen LogP) is 9.60. The van der Waals surface area contributed by atoms with Gasteiger partial charge < -0.3 is 38.4 Å². The Morgan fingerprint density at radius 2 is 0.975 bits per heavy atom. The van der Waals surface area contributed by atoms with Crippen molar-refractivity contribution < 1.29 is 23.7 Å². The number of aliphatic imine (C=N–C) groups is 1. The summed E-state index contributed by atoms with van der Waals surface area (Å²) in [4.78, 5) is 37.7. The summed E-state index contributed by atoms with van der Waals surface area (Å²) in [6.07, 6.45) is 14.7. The molecule has 0 atom stereocenters. The largest absolute Gasteiger partial charge is 0.378 e. The van der Waals surface area contributed by atoms with Crippen molar-refractivity contribution in [2.24, 2.45) is 4.99 Å². The van der Waals surface area contributed by atoms with Crippen LogP contribution in [0.25, 0.3) is 44.3 Å². The van der Waals surface area contributed by atoms with E-state index < -0.39 is 16.1 Å². The van der Waals surface area contributed by atoms with Crippen LogP contribution in [0.3, 0.4) is 0 Å². The molecular weight excluding hydrogens is 1060 g/mol. The van der Waals surface area contributed by atoms with Crippen molar-refractivity contribution in [3.05, 3.63) is 126 Å². The monoisotopic (exact) mass is 1140 g/mol. The summed E-state index contributed by atoms with van der Waals surface area (Å²) in [5, 5.41) is 12.2. The van der Waals surface area contributed by atoms with Gasteiger partial charge in [-0.3, -0.25) is 15.0 Å². The SMILES string of the molecule is C[Si](C)(C)CCOCn1nc(-c2ccnc(N3CCOCC3)c2)c2cc(Cl)ncc21.C[Si](C)(C)CCOCn1nc(-c2ccnc(N3CCOCC3)c2)c2ccncc21.c1cc2c(cn1)CN=C2c1ccnc(N2CCOCC2)c1. The number of morpholine rings is 3. The van der Waals surface area contributed by atoms with Gasteiger partial charge in [-0.15, -0.1) is 0 Å². The molecule has 3 saturated heterocycles. The molecule has 3 fully saturated rings. The molecule has 19 nitrogen and oxygen atoms in total. The van der Waals surface area contributed by atoms with E-state index in [1.165, 1.54) is 11.1 Å². The maximum atomic E-state index is 6.21. The van der Waals surface area contributed by atoms with Crippen molar-refractivity contribution in [1.29, 1.82) is 0 Å². The topological polar surface area (TPSA) is 181 Å². The summed E-state index contributed by atoms with van der Waals surface area (Å²) in [6, 6.07) is 20.5. The second-order valence-electron chi connectivity index (χ2n) is 22.5. The summed E-state index contributed by atoms with van der Waals surface area (Å²) < 4.78 is 32.0. The van der Waals surface area contributed by atoms with E-state index in [1.54, 1.807) is 6.20 Å². The van der Waals surface area contributed by atoms with Crippen molar-refractivity contribution in [2.75, 3.05) is 107 Å². The number of hydrogen-bond donors (Lipinski definition) is 0. The lowest BCUT2D eigenvalue weighted by molar-refractivity contribution is 0.0817. The molecule has 80 heavy (non-hydrogen) atoms. The van der Waals surface area contributed by atoms with Gasteiger partial charge >= 0.3 is 0 Å². The highest BCUT2D eigenvalue weighted by Gasteiger charge is 2.22. The standard InChI is InChI=1S/C21H28ClN5O2Si.C21H29N5O2Si.C16H16N4O/c1-30(2,3)11-10-29-15-27-18-14-24-19(22)13-17(18)21(25-27)16-4-5-23-20(12-16)26-6-8-28-9-7-26;1-29(2,3)13-12-28-16-26-19-15-22-6-5-18(19)21(24-26)17-4-7-23-20(14-17)25-8-10-27-11-9-25;1-4-18-15(20-5-7-21-8-6-20)9-12(1)16-14-2-3-17-10-13(14)11-19-16/h4-5,12-14H,6-11,15H2,1-3H3;4-7,14-15H,8-13,16H2,1-3H3;1-4,9-10H,5-8,11H2. The molecule has 8 aromatic rings. The van der Waals surface area contributed by atoms with Gasteiger partial charge in [0, 0.05) is 144 Å². The molecule has 0 saturated carbocycles. The molecule has 12 rings (SSSR count). The van der Waals surface area contributed by atoms with E-state index in [0.717, 1.165) is 177 Å². The van der Waals surface area contributed by atoms with Gasteiger partial charge in [0.2, 0.25) is 0 Å². The molecular formula is C58H73ClN14O5Si2. The average molecular weight is 1140 g/mol. The Kier molecular flexibility index (Phi) is 18.7. The van der Waals surface area contributed by atoms with E-state index in [-0.39, 0.29) is 0 Å². The Balaban J connectivity index is 0.000000137. The number of aromatic nitrogens is 10. The van der Waals surface area contributed by atoms with E-state index in [0.29, 0.717) is 25.2 Å². The molecule has 0 spiro atoms. The van der Waals surface area contributed by atoms with Crippen LogP contribution < -0.4 is 14.7 Å². The first kappa shape index (κ1) is 56.7. The maximum absolute atomic E-state index is 6.21. The molecule has 420 valence electrons. The van der Waals surface area contributed by atoms with Gasteiger partial charge in [0.25, 0.3) is 0 Å². The third kappa shape index (κ3) is 14.7. The number of rotatable bonds is 16. The first-order chi connectivity index (χ1) is 38.8. The average Bonchev–Trinajstić information content (AvgIpc) is 4.21. The predicted molar refractivity (Wildman–Crippen MR) is 322 cm³/mol. The lowest BCUT2D eigenvalue weighted by Gasteiger charge is -2.28. The van der Waals surface area contributed by atoms with Crippen LogP contribution in [0.1, 0.15) is 16.7 Å². The van der Waals surface area contributed by atoms with E-state index >= 15 is 0 Å². The Morgan fingerprint density at radius 1 is 0.512 bits per heavy atom. The van der Waals surface area contributed by atoms with Crippen molar-refractivity contribution in [1.82, 2.24) is 49.5 Å². The fourth-order valence-corrected chi connectivity index (χ4v) is 11.3. The first-order valence-electron chi connectivity index (χ1n) is 27.7.